The molecule has 0 spiro atoms. The molecule has 0 radical (unpaired) electrons. The van der Waals surface area contributed by atoms with E-state index in [0.29, 0.717) is 23.9 Å². The van der Waals surface area contributed by atoms with Crippen molar-refractivity contribution in [2.45, 2.75) is 18.5 Å². The zero-order chi connectivity index (χ0) is 17.7. The van der Waals surface area contributed by atoms with Gasteiger partial charge in [0.2, 0.25) is 0 Å². The maximum atomic E-state index is 11.6. The maximum Gasteiger partial charge on any atom is 0.191 e. The molecule has 134 valence electrons. The molecule has 1 aliphatic rings. The number of likely N-dealkylation sites (N-methyl/N-ethyl adjacent to an activating group) is 1. The Labute approximate surface area is 149 Å². The fraction of sp³-hybridized carbons (Fsp3) is 0.562. The first kappa shape index (κ1) is 19.0. The highest BCUT2D eigenvalue weighted by atomic mass is 35.5. The van der Waals surface area contributed by atoms with E-state index in [1.165, 1.54) is 0 Å². The summed E-state index contributed by atoms with van der Waals surface area (Å²) in [5, 5.41) is 7.20. The van der Waals surface area contributed by atoms with E-state index in [0.717, 1.165) is 5.56 Å². The van der Waals surface area contributed by atoms with Gasteiger partial charge in [0, 0.05) is 24.7 Å². The van der Waals surface area contributed by atoms with Crippen LogP contribution in [0, 0.1) is 0 Å². The number of benzene rings is 1. The summed E-state index contributed by atoms with van der Waals surface area (Å²) in [6.07, 6.45) is 0.622. The lowest BCUT2D eigenvalue weighted by molar-refractivity contribution is 0.298. The lowest BCUT2D eigenvalue weighted by Crippen LogP contribution is -2.46. The van der Waals surface area contributed by atoms with Crippen LogP contribution in [-0.2, 0) is 9.84 Å². The number of nitrogens with one attached hydrogen (secondary N) is 2. The first-order chi connectivity index (χ1) is 11.3. The van der Waals surface area contributed by atoms with E-state index in [1.54, 1.807) is 7.05 Å². The van der Waals surface area contributed by atoms with Crippen molar-refractivity contribution in [1.29, 1.82) is 0 Å². The third kappa shape index (κ3) is 5.36. The molecule has 0 bridgehead atoms. The van der Waals surface area contributed by atoms with Crippen molar-refractivity contribution in [1.82, 2.24) is 15.5 Å². The molecule has 1 fully saturated rings. The number of halogens is 1. The van der Waals surface area contributed by atoms with Crippen molar-refractivity contribution in [2.24, 2.45) is 4.99 Å². The van der Waals surface area contributed by atoms with Crippen molar-refractivity contribution in [3.8, 4) is 0 Å². The fourth-order valence-corrected chi connectivity index (χ4v) is 4.57. The van der Waals surface area contributed by atoms with Gasteiger partial charge in [0.25, 0.3) is 0 Å². The van der Waals surface area contributed by atoms with Gasteiger partial charge in [-0.1, -0.05) is 23.7 Å². The first-order valence-electron chi connectivity index (χ1n) is 7.90. The molecule has 8 heteroatoms. The third-order valence-corrected chi connectivity index (χ3v) is 6.16. The van der Waals surface area contributed by atoms with Crippen LogP contribution in [0.1, 0.15) is 18.0 Å². The minimum absolute atomic E-state index is 0.0745. The van der Waals surface area contributed by atoms with Crippen molar-refractivity contribution < 1.29 is 8.42 Å². The van der Waals surface area contributed by atoms with E-state index >= 15 is 0 Å². The molecule has 2 N–H and O–H groups in total. The predicted octanol–water partition coefficient (Wildman–Crippen LogP) is 1.29. The Kier molecular flexibility index (Phi) is 6.48. The second kappa shape index (κ2) is 8.18. The van der Waals surface area contributed by atoms with Gasteiger partial charge in [-0.2, -0.15) is 0 Å². The van der Waals surface area contributed by atoms with Crippen LogP contribution in [0.15, 0.2) is 29.3 Å². The smallest absolute Gasteiger partial charge is 0.191 e. The Bertz CT molecular complexity index is 674. The van der Waals surface area contributed by atoms with E-state index in [-0.39, 0.29) is 23.6 Å². The highest BCUT2D eigenvalue weighted by Crippen LogP contribution is 2.19. The summed E-state index contributed by atoms with van der Waals surface area (Å²) in [7, 11) is 2.81. The van der Waals surface area contributed by atoms with E-state index in [4.69, 9.17) is 11.6 Å². The van der Waals surface area contributed by atoms with Crippen LogP contribution < -0.4 is 10.6 Å². The molecule has 0 aliphatic carbocycles. The SMILES string of the molecule is CN=C(NCC(c1ccc(Cl)cc1)N(C)C)NC1CCS(=O)(=O)C1. The van der Waals surface area contributed by atoms with Gasteiger partial charge in [-0.25, -0.2) is 8.42 Å². The number of guanidine groups is 1. The average Bonchev–Trinajstić information content (AvgIpc) is 2.86. The van der Waals surface area contributed by atoms with Crippen LogP contribution in [0.3, 0.4) is 0 Å². The summed E-state index contributed by atoms with van der Waals surface area (Å²) in [4.78, 5) is 6.31. The molecular weight excluding hydrogens is 348 g/mol. The highest BCUT2D eigenvalue weighted by Gasteiger charge is 2.28. The zero-order valence-corrected chi connectivity index (χ0v) is 15.9. The quantitative estimate of drug-likeness (QED) is 0.602. The molecule has 0 aromatic heterocycles. The molecule has 2 atom stereocenters. The van der Waals surface area contributed by atoms with Crippen molar-refractivity contribution >= 4 is 27.4 Å². The second-order valence-electron chi connectivity index (χ2n) is 6.23. The second-order valence-corrected chi connectivity index (χ2v) is 8.89. The number of rotatable bonds is 5. The maximum absolute atomic E-state index is 11.6. The van der Waals surface area contributed by atoms with Gasteiger partial charge in [0.05, 0.1) is 17.5 Å². The topological polar surface area (TPSA) is 73.8 Å². The normalized spacial score (nSPS) is 21.7. The van der Waals surface area contributed by atoms with Crippen LogP contribution in [0.2, 0.25) is 5.02 Å². The number of hydrogen-bond donors (Lipinski definition) is 2. The molecule has 24 heavy (non-hydrogen) atoms. The van der Waals surface area contributed by atoms with Crippen molar-refractivity contribution in [3.05, 3.63) is 34.9 Å². The molecule has 0 amide bonds. The molecule has 1 saturated heterocycles. The number of nitrogens with zero attached hydrogens (tertiary/aromatic N) is 2. The average molecular weight is 373 g/mol. The summed E-state index contributed by atoms with van der Waals surface area (Å²) >= 11 is 5.96. The Balaban J connectivity index is 1.96. The van der Waals surface area contributed by atoms with Crippen molar-refractivity contribution in [3.63, 3.8) is 0 Å². The Hall–Kier alpha value is -1.31. The van der Waals surface area contributed by atoms with Gasteiger partial charge >= 0.3 is 0 Å². The van der Waals surface area contributed by atoms with Crippen LogP contribution in [-0.4, -0.2) is 64.5 Å². The number of hydrogen-bond acceptors (Lipinski definition) is 4. The predicted molar refractivity (Wildman–Crippen MR) is 99.4 cm³/mol. The Morgan fingerprint density at radius 2 is 2.04 bits per heavy atom. The Morgan fingerprint density at radius 3 is 2.54 bits per heavy atom. The third-order valence-electron chi connectivity index (χ3n) is 4.14. The largest absolute Gasteiger partial charge is 0.354 e. The fourth-order valence-electron chi connectivity index (χ4n) is 2.77. The molecule has 6 nitrogen and oxygen atoms in total. The zero-order valence-electron chi connectivity index (χ0n) is 14.3. The van der Waals surface area contributed by atoms with Gasteiger partial charge in [-0.05, 0) is 38.2 Å². The van der Waals surface area contributed by atoms with E-state index in [9.17, 15) is 8.42 Å². The van der Waals surface area contributed by atoms with E-state index < -0.39 is 9.84 Å². The van der Waals surface area contributed by atoms with Gasteiger partial charge in [-0.15, -0.1) is 0 Å². The van der Waals surface area contributed by atoms with Crippen LogP contribution in [0.5, 0.6) is 0 Å². The molecule has 2 unspecified atom stereocenters. The molecule has 1 aliphatic heterocycles. The van der Waals surface area contributed by atoms with Crippen molar-refractivity contribution in [2.75, 3.05) is 39.2 Å². The summed E-state index contributed by atoms with van der Waals surface area (Å²) in [6.45, 7) is 0.647. The standard InChI is InChI=1S/C16H25ClN4O2S/c1-18-16(20-14-8-9-24(22,23)11-14)19-10-15(21(2)3)12-4-6-13(17)7-5-12/h4-7,14-15H,8-11H2,1-3H3,(H2,18,19,20). The van der Waals surface area contributed by atoms with Crippen LogP contribution in [0.25, 0.3) is 0 Å². The van der Waals surface area contributed by atoms with Gasteiger partial charge < -0.3 is 15.5 Å². The monoisotopic (exact) mass is 372 g/mol. The minimum atomic E-state index is -2.91. The molecular formula is C16H25ClN4O2S. The van der Waals surface area contributed by atoms with Crippen LogP contribution in [0.4, 0.5) is 0 Å². The number of aliphatic imine (C=N–C) groups is 1. The molecule has 0 saturated carbocycles. The highest BCUT2D eigenvalue weighted by molar-refractivity contribution is 7.91. The van der Waals surface area contributed by atoms with Gasteiger partial charge in [0.1, 0.15) is 0 Å². The Morgan fingerprint density at radius 1 is 1.38 bits per heavy atom. The lowest BCUT2D eigenvalue weighted by Gasteiger charge is -2.26. The minimum Gasteiger partial charge on any atom is -0.354 e. The van der Waals surface area contributed by atoms with E-state index in [1.807, 2.05) is 38.4 Å². The summed E-state index contributed by atoms with van der Waals surface area (Å²) < 4.78 is 23.1. The van der Waals surface area contributed by atoms with Crippen LogP contribution >= 0.6 is 11.6 Å². The van der Waals surface area contributed by atoms with Gasteiger partial charge in [0.15, 0.2) is 15.8 Å². The molecule has 1 heterocycles. The first-order valence-corrected chi connectivity index (χ1v) is 10.1. The molecule has 2 rings (SSSR count). The molecule has 1 aromatic carbocycles. The summed E-state index contributed by atoms with van der Waals surface area (Å²) in [5.74, 6) is 1.03. The summed E-state index contributed by atoms with van der Waals surface area (Å²) in [5.41, 5.74) is 1.15. The molecule has 1 aromatic rings. The van der Waals surface area contributed by atoms with E-state index in [2.05, 4.69) is 20.5 Å². The summed E-state index contributed by atoms with van der Waals surface area (Å²) in [6, 6.07) is 7.85. The lowest BCUT2D eigenvalue weighted by atomic mass is 10.1. The number of sulfone groups is 1. The van der Waals surface area contributed by atoms with Gasteiger partial charge in [-0.3, -0.25) is 4.99 Å².